The summed E-state index contributed by atoms with van der Waals surface area (Å²) in [6.07, 6.45) is -3.34. The summed E-state index contributed by atoms with van der Waals surface area (Å²) in [6.45, 7) is 0. The molecule has 1 rings (SSSR count). The van der Waals surface area contributed by atoms with Gasteiger partial charge in [-0.05, 0) is 0 Å². The second kappa shape index (κ2) is 4.26. The summed E-state index contributed by atoms with van der Waals surface area (Å²) in [5, 5.41) is 3.42. The van der Waals surface area contributed by atoms with Crippen LogP contribution in [0.15, 0.2) is 11.1 Å². The minimum atomic E-state index is -4.54. The molecule has 0 saturated carbocycles. The highest BCUT2D eigenvalue weighted by Gasteiger charge is 2.27. The van der Waals surface area contributed by atoms with Crippen molar-refractivity contribution >= 4 is 10.0 Å². The lowest BCUT2D eigenvalue weighted by Crippen LogP contribution is -2.18. The molecule has 0 aromatic carbocycles. The van der Waals surface area contributed by atoms with Crippen molar-refractivity contribution in [1.82, 2.24) is 4.98 Å². The molecule has 0 atom stereocenters. The minimum absolute atomic E-state index is 0.453. The lowest BCUT2D eigenvalue weighted by Gasteiger charge is -2.09. The van der Waals surface area contributed by atoms with Crippen LogP contribution in [0, 0.1) is 5.82 Å². The smallest absolute Gasteiger partial charge is 0.269 e. The van der Waals surface area contributed by atoms with Crippen molar-refractivity contribution in [2.45, 2.75) is 11.5 Å². The Bertz CT molecular complexity index is 504. The fourth-order valence-electron chi connectivity index (χ4n) is 1.000. The Kier molecular flexibility index (Phi) is 3.38. The molecule has 2 N–H and O–H groups in total. The predicted molar refractivity (Wildman–Crippen MR) is 47.1 cm³/mol. The molecule has 0 amide bonds. The molecule has 0 aliphatic heterocycles. The van der Waals surface area contributed by atoms with E-state index in [1.54, 1.807) is 0 Å². The topological polar surface area (TPSA) is 82.3 Å². The van der Waals surface area contributed by atoms with E-state index < -0.39 is 38.7 Å². The number of hydrogen-bond acceptors (Lipinski definition) is 4. The number of alkyl halides is 2. The van der Waals surface area contributed by atoms with Crippen LogP contribution in [0.4, 0.5) is 13.2 Å². The number of nitrogens with two attached hydrogens (primary N) is 1. The number of primary sulfonamides is 1. The molecule has 0 saturated heterocycles. The number of sulfonamides is 1. The Labute approximate surface area is 89.1 Å². The summed E-state index contributed by atoms with van der Waals surface area (Å²) in [5.41, 5.74) is -1.36. The molecule has 1 heterocycles. The van der Waals surface area contributed by atoms with Gasteiger partial charge in [-0.15, -0.1) is 0 Å². The largest absolute Gasteiger partial charge is 0.481 e. The average Bonchev–Trinajstić information content (AvgIpc) is 2.14. The van der Waals surface area contributed by atoms with E-state index in [1.807, 2.05) is 0 Å². The molecule has 0 radical (unpaired) electrons. The Morgan fingerprint density at radius 1 is 1.50 bits per heavy atom. The maximum Gasteiger partial charge on any atom is 0.269 e. The molecular formula is C7H7F3N2O3S. The van der Waals surface area contributed by atoms with Gasteiger partial charge in [0.2, 0.25) is 5.88 Å². The molecule has 5 nitrogen and oxygen atoms in total. The fraction of sp³-hybridized carbons (Fsp3) is 0.286. The molecule has 0 aliphatic rings. The molecule has 0 unspecified atom stereocenters. The third kappa shape index (κ3) is 2.42. The van der Waals surface area contributed by atoms with Gasteiger partial charge in [0.1, 0.15) is 5.82 Å². The predicted octanol–water partition coefficient (Wildman–Crippen LogP) is 0.814. The summed E-state index contributed by atoms with van der Waals surface area (Å²) >= 11 is 0. The number of methoxy groups -OCH3 is 1. The van der Waals surface area contributed by atoms with Crippen molar-refractivity contribution in [2.24, 2.45) is 5.14 Å². The fourth-order valence-corrected chi connectivity index (χ4v) is 1.71. The molecule has 90 valence electrons. The third-order valence-electron chi connectivity index (χ3n) is 1.65. The van der Waals surface area contributed by atoms with Gasteiger partial charge in [-0.25, -0.2) is 26.7 Å². The van der Waals surface area contributed by atoms with Crippen LogP contribution >= 0.6 is 0 Å². The second-order valence-corrected chi connectivity index (χ2v) is 4.19. The molecule has 9 heteroatoms. The van der Waals surface area contributed by atoms with Gasteiger partial charge in [0.05, 0.1) is 12.7 Å². The Balaban J connectivity index is 3.60. The first kappa shape index (κ1) is 12.7. The number of halogens is 3. The van der Waals surface area contributed by atoms with Crippen molar-refractivity contribution in [1.29, 1.82) is 0 Å². The maximum absolute atomic E-state index is 13.2. The van der Waals surface area contributed by atoms with Crippen molar-refractivity contribution in [2.75, 3.05) is 7.11 Å². The van der Waals surface area contributed by atoms with Gasteiger partial charge in [-0.3, -0.25) is 0 Å². The Morgan fingerprint density at radius 2 is 2.06 bits per heavy atom. The van der Waals surface area contributed by atoms with Gasteiger partial charge >= 0.3 is 0 Å². The summed E-state index contributed by atoms with van der Waals surface area (Å²) in [6, 6.07) is 0.552. The first-order valence-electron chi connectivity index (χ1n) is 3.82. The summed E-state index contributed by atoms with van der Waals surface area (Å²) < 4.78 is 64.3. The van der Waals surface area contributed by atoms with E-state index in [0.717, 1.165) is 7.11 Å². The molecule has 0 fully saturated rings. The first-order valence-corrected chi connectivity index (χ1v) is 5.37. The number of hydrogen-bond donors (Lipinski definition) is 1. The summed E-state index contributed by atoms with van der Waals surface area (Å²) in [7, 11) is -3.46. The van der Waals surface area contributed by atoms with Gasteiger partial charge in [0.15, 0.2) is 5.03 Å². The normalized spacial score (nSPS) is 11.9. The molecule has 1 aromatic heterocycles. The number of pyridine rings is 1. The number of ether oxygens (including phenoxy) is 1. The zero-order chi connectivity index (χ0) is 12.5. The van der Waals surface area contributed by atoms with Crippen LogP contribution in [-0.2, 0) is 10.0 Å². The van der Waals surface area contributed by atoms with Crippen molar-refractivity contribution < 1.29 is 26.3 Å². The van der Waals surface area contributed by atoms with Crippen LogP contribution in [0.25, 0.3) is 0 Å². The van der Waals surface area contributed by atoms with E-state index in [0.29, 0.717) is 6.07 Å². The Hall–Kier alpha value is -1.35. The van der Waals surface area contributed by atoms with E-state index in [4.69, 9.17) is 0 Å². The Morgan fingerprint density at radius 3 is 2.44 bits per heavy atom. The number of nitrogens with zero attached hydrogens (tertiary/aromatic N) is 1. The monoisotopic (exact) mass is 256 g/mol. The number of aromatic nitrogens is 1. The second-order valence-electron chi connectivity index (χ2n) is 2.71. The quantitative estimate of drug-likeness (QED) is 0.867. The first-order chi connectivity index (χ1) is 7.27. The van der Waals surface area contributed by atoms with Crippen LogP contribution in [0.5, 0.6) is 5.88 Å². The maximum atomic E-state index is 13.2. The van der Waals surface area contributed by atoms with Gasteiger partial charge in [-0.1, -0.05) is 0 Å². The summed E-state index contributed by atoms with van der Waals surface area (Å²) in [4.78, 5) is 3.19. The van der Waals surface area contributed by atoms with Crippen LogP contribution in [-0.4, -0.2) is 20.5 Å². The lowest BCUT2D eigenvalue weighted by molar-refractivity contribution is 0.141. The van der Waals surface area contributed by atoms with Crippen LogP contribution < -0.4 is 9.88 Å². The zero-order valence-corrected chi connectivity index (χ0v) is 8.76. The molecule has 0 aliphatic carbocycles. The molecule has 16 heavy (non-hydrogen) atoms. The van der Waals surface area contributed by atoms with Gasteiger partial charge in [0.25, 0.3) is 16.4 Å². The van der Waals surface area contributed by atoms with Gasteiger partial charge in [-0.2, -0.15) is 4.98 Å². The average molecular weight is 256 g/mol. The highest BCUT2D eigenvalue weighted by atomic mass is 32.2. The van der Waals surface area contributed by atoms with E-state index >= 15 is 0 Å². The highest BCUT2D eigenvalue weighted by molar-refractivity contribution is 7.89. The lowest BCUT2D eigenvalue weighted by atomic mass is 10.3. The van der Waals surface area contributed by atoms with E-state index in [-0.39, 0.29) is 0 Å². The molecular weight excluding hydrogens is 249 g/mol. The van der Waals surface area contributed by atoms with Gasteiger partial charge < -0.3 is 4.74 Å². The van der Waals surface area contributed by atoms with E-state index in [9.17, 15) is 21.6 Å². The minimum Gasteiger partial charge on any atom is -0.481 e. The van der Waals surface area contributed by atoms with Crippen LogP contribution in [0.2, 0.25) is 0 Å². The SMILES string of the molecule is COc1cc(F)c(C(F)F)c(S(N)(=O)=O)n1. The zero-order valence-electron chi connectivity index (χ0n) is 7.95. The van der Waals surface area contributed by atoms with Gasteiger partial charge in [0, 0.05) is 6.07 Å². The van der Waals surface area contributed by atoms with Crippen molar-refractivity contribution in [3.05, 3.63) is 17.4 Å². The summed E-state index contributed by atoms with van der Waals surface area (Å²) in [5.74, 6) is -1.89. The van der Waals surface area contributed by atoms with Crippen LogP contribution in [0.3, 0.4) is 0 Å². The van der Waals surface area contributed by atoms with Crippen molar-refractivity contribution in [3.63, 3.8) is 0 Å². The molecule has 0 spiro atoms. The third-order valence-corrected chi connectivity index (χ3v) is 2.50. The van der Waals surface area contributed by atoms with E-state index in [1.165, 1.54) is 0 Å². The highest BCUT2D eigenvalue weighted by Crippen LogP contribution is 2.29. The molecule has 0 bridgehead atoms. The number of rotatable bonds is 3. The van der Waals surface area contributed by atoms with Crippen molar-refractivity contribution in [3.8, 4) is 5.88 Å². The van der Waals surface area contributed by atoms with E-state index in [2.05, 4.69) is 14.9 Å². The standard InChI is InChI=1S/C7H7F3N2O3S/c1-15-4-2-3(8)5(6(9)10)7(12-4)16(11,13)14/h2,6H,1H3,(H2,11,13,14). The molecule has 1 aromatic rings. The van der Waals surface area contributed by atoms with Crippen LogP contribution in [0.1, 0.15) is 12.0 Å².